The fourth-order valence-corrected chi connectivity index (χ4v) is 7.53. The zero-order valence-corrected chi connectivity index (χ0v) is 28.4. The lowest BCUT2D eigenvalue weighted by Crippen LogP contribution is -2.14. The first-order valence-corrected chi connectivity index (χ1v) is 16.5. The smallest absolute Gasteiger partial charge is 0.307 e. The van der Waals surface area contributed by atoms with Crippen LogP contribution in [-0.4, -0.2) is 9.13 Å². The third-order valence-electron chi connectivity index (χ3n) is 9.80. The van der Waals surface area contributed by atoms with Gasteiger partial charge in [0.1, 0.15) is 0 Å². The fraction of sp³-hybridized carbons (Fsp3) is 0.140. The van der Waals surface area contributed by atoms with Crippen LogP contribution in [0.3, 0.4) is 0 Å². The minimum Gasteiger partial charge on any atom is -0.307 e. The third-order valence-corrected chi connectivity index (χ3v) is 9.80. The van der Waals surface area contributed by atoms with Crippen LogP contribution in [0, 0.1) is 34.3 Å². The van der Waals surface area contributed by atoms with Crippen molar-refractivity contribution in [2.45, 2.75) is 40.0 Å². The molecule has 0 unspecified atom stereocenters. The highest BCUT2D eigenvalue weighted by molar-refractivity contribution is 6.12. The molecule has 0 saturated heterocycles. The number of halogens is 6. The van der Waals surface area contributed by atoms with E-state index in [1.165, 1.54) is 6.07 Å². The van der Waals surface area contributed by atoms with Crippen molar-refractivity contribution < 1.29 is 26.3 Å². The molecule has 3 nitrogen and oxygen atoms in total. The molecule has 8 aromatic rings. The second-order valence-electron chi connectivity index (χ2n) is 13.4. The maximum atomic E-state index is 15.5. The van der Waals surface area contributed by atoms with E-state index in [4.69, 9.17) is 6.57 Å². The van der Waals surface area contributed by atoms with E-state index in [9.17, 15) is 13.2 Å². The Morgan fingerprint density at radius 1 is 0.481 bits per heavy atom. The molecule has 0 aliphatic heterocycles. The van der Waals surface area contributed by atoms with Crippen LogP contribution in [0.5, 0.6) is 0 Å². The van der Waals surface area contributed by atoms with Gasteiger partial charge in [0.25, 0.3) is 0 Å². The lowest BCUT2D eigenvalue weighted by Gasteiger charge is -2.24. The van der Waals surface area contributed by atoms with Crippen LogP contribution in [0.1, 0.15) is 33.4 Å². The standard InChI is InChI=1S/C43H29F6N3/c1-23-9-13-27-28-14-10-24(2)18-36(28)51(35(27)17-23)39-21-31(41-32(42(44,45)46)7-6-8-34(41)50-5)33(43(47,48)49)22-40(39)52-37-19-25(3)11-15-29(37)30-16-12-26(4)20-38(30)52/h6-22H,1-4H3. The molecule has 0 fully saturated rings. The fourth-order valence-electron chi connectivity index (χ4n) is 7.53. The number of nitrogens with zero attached hydrogens (tertiary/aromatic N) is 3. The summed E-state index contributed by atoms with van der Waals surface area (Å²) in [6.07, 6.45) is -10.1. The Bertz CT molecular complexity index is 2710. The zero-order chi connectivity index (χ0) is 36.9. The molecule has 0 aliphatic rings. The van der Waals surface area contributed by atoms with Crippen molar-refractivity contribution in [1.82, 2.24) is 9.13 Å². The SMILES string of the molecule is [C-]#[N+]c1cccc(C(F)(F)F)c1-c1cc(-n2c3cc(C)ccc3c3ccc(C)cc32)c(-n2c3cc(C)ccc3c3ccc(C)cc32)cc1C(F)(F)F. The summed E-state index contributed by atoms with van der Waals surface area (Å²) in [6.45, 7) is 15.4. The molecule has 6 aromatic carbocycles. The summed E-state index contributed by atoms with van der Waals surface area (Å²) in [5, 5.41) is 3.30. The number of fused-ring (bicyclic) bond motifs is 6. The normalized spacial score (nSPS) is 12.4. The summed E-state index contributed by atoms with van der Waals surface area (Å²) >= 11 is 0. The molecule has 0 amide bonds. The van der Waals surface area contributed by atoms with Gasteiger partial charge < -0.3 is 9.13 Å². The first kappa shape index (κ1) is 33.2. The molecule has 2 aromatic heterocycles. The van der Waals surface area contributed by atoms with E-state index in [1.54, 1.807) is 4.57 Å². The lowest BCUT2D eigenvalue weighted by molar-refractivity contribution is -0.139. The van der Waals surface area contributed by atoms with Gasteiger partial charge in [-0.3, -0.25) is 0 Å². The Kier molecular flexibility index (Phi) is 7.33. The summed E-state index contributed by atoms with van der Waals surface area (Å²) in [5.74, 6) is 0. The number of hydrogen-bond donors (Lipinski definition) is 0. The summed E-state index contributed by atoms with van der Waals surface area (Å²) in [6, 6.07) is 28.3. The number of aryl methyl sites for hydroxylation is 4. The highest BCUT2D eigenvalue weighted by atomic mass is 19.4. The van der Waals surface area contributed by atoms with Gasteiger partial charge in [-0.05, 0) is 91.9 Å². The van der Waals surface area contributed by atoms with Gasteiger partial charge in [0, 0.05) is 27.1 Å². The largest absolute Gasteiger partial charge is 0.417 e. The van der Waals surface area contributed by atoms with E-state index in [1.807, 2.05) is 105 Å². The molecule has 258 valence electrons. The van der Waals surface area contributed by atoms with Crippen LogP contribution >= 0.6 is 0 Å². The van der Waals surface area contributed by atoms with E-state index >= 15 is 13.2 Å². The molecule has 0 spiro atoms. The first-order valence-electron chi connectivity index (χ1n) is 16.5. The molecular weight excluding hydrogens is 672 g/mol. The van der Waals surface area contributed by atoms with Crippen molar-refractivity contribution in [3.05, 3.63) is 148 Å². The molecule has 0 atom stereocenters. The van der Waals surface area contributed by atoms with Crippen LogP contribution in [-0.2, 0) is 12.4 Å². The Hall–Kier alpha value is -6.01. The van der Waals surface area contributed by atoms with Crippen molar-refractivity contribution in [1.29, 1.82) is 0 Å². The lowest BCUT2D eigenvalue weighted by atomic mass is 9.91. The maximum absolute atomic E-state index is 15.5. The second kappa shape index (κ2) is 11.5. The molecule has 52 heavy (non-hydrogen) atoms. The van der Waals surface area contributed by atoms with Crippen LogP contribution in [0.2, 0.25) is 0 Å². The van der Waals surface area contributed by atoms with Crippen molar-refractivity contribution in [3.63, 3.8) is 0 Å². The number of benzene rings is 6. The van der Waals surface area contributed by atoms with Crippen molar-refractivity contribution >= 4 is 49.3 Å². The second-order valence-corrected chi connectivity index (χ2v) is 13.4. The van der Waals surface area contributed by atoms with Gasteiger partial charge in [0.15, 0.2) is 5.69 Å². The van der Waals surface area contributed by atoms with Gasteiger partial charge in [-0.15, -0.1) is 0 Å². The topological polar surface area (TPSA) is 14.2 Å². The minimum absolute atomic E-state index is 0.128. The highest BCUT2D eigenvalue weighted by Crippen LogP contribution is 2.50. The Morgan fingerprint density at radius 3 is 1.23 bits per heavy atom. The summed E-state index contributed by atoms with van der Waals surface area (Å²) in [4.78, 5) is 3.30. The molecule has 9 heteroatoms. The van der Waals surface area contributed by atoms with Gasteiger partial charge >= 0.3 is 12.4 Å². The summed E-state index contributed by atoms with van der Waals surface area (Å²) in [5.41, 5.74) is 1.88. The predicted molar refractivity (Wildman–Crippen MR) is 196 cm³/mol. The van der Waals surface area contributed by atoms with Crippen LogP contribution < -0.4 is 0 Å². The maximum Gasteiger partial charge on any atom is 0.417 e. The van der Waals surface area contributed by atoms with Crippen LogP contribution in [0.15, 0.2) is 103 Å². The number of hydrogen-bond acceptors (Lipinski definition) is 0. The zero-order valence-electron chi connectivity index (χ0n) is 28.4. The molecule has 2 heterocycles. The van der Waals surface area contributed by atoms with Gasteiger partial charge in [0.2, 0.25) is 0 Å². The molecular formula is C43H29F6N3. The van der Waals surface area contributed by atoms with E-state index in [0.717, 1.165) is 68.1 Å². The average Bonchev–Trinajstić information content (AvgIpc) is 3.56. The quantitative estimate of drug-likeness (QED) is 0.129. The minimum atomic E-state index is -5.10. The van der Waals surface area contributed by atoms with Crippen molar-refractivity contribution in [2.75, 3.05) is 0 Å². The number of rotatable bonds is 3. The van der Waals surface area contributed by atoms with Gasteiger partial charge in [-0.25, -0.2) is 4.85 Å². The van der Waals surface area contributed by atoms with E-state index < -0.39 is 40.3 Å². The Balaban J connectivity index is 1.66. The van der Waals surface area contributed by atoms with Crippen molar-refractivity contribution in [3.8, 4) is 22.5 Å². The van der Waals surface area contributed by atoms with E-state index in [0.29, 0.717) is 22.1 Å². The predicted octanol–water partition coefficient (Wildman–Crippen LogP) is 13.4. The van der Waals surface area contributed by atoms with Crippen LogP contribution in [0.4, 0.5) is 32.0 Å². The molecule has 0 saturated carbocycles. The summed E-state index contributed by atoms with van der Waals surface area (Å²) in [7, 11) is 0. The Labute approximate surface area is 294 Å². The molecule has 0 aliphatic carbocycles. The van der Waals surface area contributed by atoms with Gasteiger partial charge in [0.05, 0.1) is 51.1 Å². The molecule has 8 rings (SSSR count). The number of alkyl halides is 6. The summed E-state index contributed by atoms with van der Waals surface area (Å²) < 4.78 is 94.2. The van der Waals surface area contributed by atoms with E-state index in [2.05, 4.69) is 4.85 Å². The highest BCUT2D eigenvalue weighted by Gasteiger charge is 2.40. The van der Waals surface area contributed by atoms with Crippen molar-refractivity contribution in [2.24, 2.45) is 0 Å². The third kappa shape index (κ3) is 5.12. The van der Waals surface area contributed by atoms with Gasteiger partial charge in [-0.2, -0.15) is 26.3 Å². The molecule has 0 N–H and O–H groups in total. The van der Waals surface area contributed by atoms with Crippen LogP contribution in [0.25, 0.3) is 71.0 Å². The number of aromatic nitrogens is 2. The monoisotopic (exact) mass is 701 g/mol. The Morgan fingerprint density at radius 2 is 0.865 bits per heavy atom. The average molecular weight is 702 g/mol. The van der Waals surface area contributed by atoms with Gasteiger partial charge in [-0.1, -0.05) is 66.7 Å². The molecule has 0 bridgehead atoms. The first-order chi connectivity index (χ1) is 24.7. The molecule has 0 radical (unpaired) electrons. The van der Waals surface area contributed by atoms with E-state index in [-0.39, 0.29) is 11.4 Å².